The van der Waals surface area contributed by atoms with Crippen molar-refractivity contribution in [2.24, 2.45) is 0 Å². The number of aromatic nitrogens is 3. The van der Waals surface area contributed by atoms with Gasteiger partial charge in [0.1, 0.15) is 23.6 Å². The smallest absolute Gasteiger partial charge is 0.189 e. The van der Waals surface area contributed by atoms with Crippen LogP contribution in [0.3, 0.4) is 0 Å². The van der Waals surface area contributed by atoms with Crippen LogP contribution in [0.4, 0.5) is 36.9 Å². The van der Waals surface area contributed by atoms with Gasteiger partial charge in [-0.3, -0.25) is 0 Å². The third kappa shape index (κ3) is 3.11. The molecule has 2 aromatic carbocycles. The van der Waals surface area contributed by atoms with Crippen LogP contribution in [-0.2, 0) is 0 Å². The van der Waals surface area contributed by atoms with Gasteiger partial charge in [0.25, 0.3) is 0 Å². The number of nitrogens with zero attached hydrogens (tertiary/aromatic N) is 3. The molecule has 0 aliphatic rings. The number of nitrogens with two attached hydrogens (primary N) is 1. The molecule has 0 bridgehead atoms. The van der Waals surface area contributed by atoms with Gasteiger partial charge in [0.05, 0.1) is 15.9 Å². The lowest BCUT2D eigenvalue weighted by Gasteiger charge is -2.11. The number of thiazole rings is 1. The highest BCUT2D eigenvalue weighted by molar-refractivity contribution is 7.22. The summed E-state index contributed by atoms with van der Waals surface area (Å²) in [5.41, 5.74) is 7.19. The average Bonchev–Trinajstić information content (AvgIpc) is 3.03. The molecule has 2 aromatic heterocycles. The Balaban J connectivity index is 1.62. The van der Waals surface area contributed by atoms with Gasteiger partial charge in [-0.05, 0) is 24.3 Å². The second kappa shape index (κ2) is 6.52. The summed E-state index contributed by atoms with van der Waals surface area (Å²) in [6, 6.07) is 10.9. The largest absolute Gasteiger partial charge is 0.393 e. The van der Waals surface area contributed by atoms with Crippen LogP contribution < -0.4 is 16.4 Å². The van der Waals surface area contributed by atoms with E-state index in [2.05, 4.69) is 25.6 Å². The summed E-state index contributed by atoms with van der Waals surface area (Å²) >= 11 is 1.45. The highest BCUT2D eigenvalue weighted by atomic mass is 32.1. The molecule has 9 heteroatoms. The van der Waals surface area contributed by atoms with Crippen molar-refractivity contribution >= 4 is 49.7 Å². The zero-order valence-electron chi connectivity index (χ0n) is 13.2. The number of anilines is 5. The lowest BCUT2D eigenvalue weighted by molar-refractivity contribution is 0.586. The molecule has 0 radical (unpaired) electrons. The van der Waals surface area contributed by atoms with Crippen LogP contribution in [0.25, 0.3) is 10.2 Å². The number of para-hydroxylation sites is 1. The average molecular weight is 370 g/mol. The maximum Gasteiger partial charge on any atom is 0.189 e. The molecule has 4 rings (SSSR count). The molecule has 0 aliphatic carbocycles. The van der Waals surface area contributed by atoms with Crippen molar-refractivity contribution < 1.29 is 8.78 Å². The third-order valence-corrected chi connectivity index (χ3v) is 4.54. The molecule has 0 saturated carbocycles. The van der Waals surface area contributed by atoms with Crippen molar-refractivity contribution in [2.75, 3.05) is 16.4 Å². The predicted octanol–water partition coefficient (Wildman–Crippen LogP) is 4.43. The molecule has 2 heterocycles. The van der Waals surface area contributed by atoms with Crippen molar-refractivity contribution in [3.05, 3.63) is 60.4 Å². The first-order chi connectivity index (χ1) is 12.6. The van der Waals surface area contributed by atoms with Gasteiger partial charge in [-0.15, -0.1) is 0 Å². The standard InChI is InChI=1S/C17H12F2N6S/c18-9-5-6-11(10(19)7-9)23-15-14(20)16(22-8-21-15)25-17-24-12-3-1-2-4-13(12)26-17/h1-8H,20H2,(H2,21,22,23,24,25). The van der Waals surface area contributed by atoms with Gasteiger partial charge in [0, 0.05) is 6.07 Å². The summed E-state index contributed by atoms with van der Waals surface area (Å²) in [4.78, 5) is 12.6. The lowest BCUT2D eigenvalue weighted by Crippen LogP contribution is -2.06. The first-order valence-corrected chi connectivity index (χ1v) is 8.37. The minimum absolute atomic E-state index is 0.0581. The van der Waals surface area contributed by atoms with Gasteiger partial charge in [-0.25, -0.2) is 23.7 Å². The number of benzene rings is 2. The zero-order chi connectivity index (χ0) is 18.1. The van der Waals surface area contributed by atoms with Crippen molar-refractivity contribution in [3.8, 4) is 0 Å². The Morgan fingerprint density at radius 3 is 2.50 bits per heavy atom. The number of nitrogen functional groups attached to an aromatic ring is 1. The summed E-state index contributed by atoms with van der Waals surface area (Å²) < 4.78 is 27.9. The van der Waals surface area contributed by atoms with E-state index in [4.69, 9.17) is 5.73 Å². The van der Waals surface area contributed by atoms with Gasteiger partial charge >= 0.3 is 0 Å². The molecule has 6 nitrogen and oxygen atoms in total. The van der Waals surface area contributed by atoms with E-state index >= 15 is 0 Å². The second-order valence-electron chi connectivity index (χ2n) is 5.35. The normalized spacial score (nSPS) is 10.8. The summed E-state index contributed by atoms with van der Waals surface area (Å²) in [6.07, 6.45) is 1.29. The minimum Gasteiger partial charge on any atom is -0.393 e. The monoisotopic (exact) mass is 370 g/mol. The van der Waals surface area contributed by atoms with E-state index in [0.717, 1.165) is 22.3 Å². The van der Waals surface area contributed by atoms with Crippen molar-refractivity contribution in [2.45, 2.75) is 0 Å². The van der Waals surface area contributed by atoms with Gasteiger partial charge in [0.15, 0.2) is 16.8 Å². The predicted molar refractivity (Wildman–Crippen MR) is 99.0 cm³/mol. The van der Waals surface area contributed by atoms with E-state index in [1.165, 1.54) is 23.7 Å². The van der Waals surface area contributed by atoms with Gasteiger partial charge in [-0.2, -0.15) is 0 Å². The quantitative estimate of drug-likeness (QED) is 0.492. The SMILES string of the molecule is Nc1c(Nc2nc3ccccc3s2)ncnc1Nc1ccc(F)cc1F. The highest BCUT2D eigenvalue weighted by Gasteiger charge is 2.13. The fourth-order valence-electron chi connectivity index (χ4n) is 2.34. The van der Waals surface area contributed by atoms with Crippen LogP contribution in [0.1, 0.15) is 0 Å². The molecule has 0 amide bonds. The highest BCUT2D eigenvalue weighted by Crippen LogP contribution is 2.32. The fraction of sp³-hybridized carbons (Fsp3) is 0. The topological polar surface area (TPSA) is 88.8 Å². The fourth-order valence-corrected chi connectivity index (χ4v) is 3.21. The Hall–Kier alpha value is -3.33. The molecule has 0 spiro atoms. The molecule has 0 aliphatic heterocycles. The van der Waals surface area contributed by atoms with E-state index in [1.54, 1.807) is 0 Å². The Morgan fingerprint density at radius 1 is 0.962 bits per heavy atom. The Kier molecular flexibility index (Phi) is 4.05. The number of fused-ring (bicyclic) bond motifs is 1. The first-order valence-electron chi connectivity index (χ1n) is 7.55. The van der Waals surface area contributed by atoms with Gasteiger partial charge in [-0.1, -0.05) is 23.5 Å². The molecule has 130 valence electrons. The van der Waals surface area contributed by atoms with E-state index < -0.39 is 11.6 Å². The van der Waals surface area contributed by atoms with E-state index in [0.29, 0.717) is 10.9 Å². The Morgan fingerprint density at radius 2 is 1.73 bits per heavy atom. The van der Waals surface area contributed by atoms with Crippen molar-refractivity contribution in [3.63, 3.8) is 0 Å². The van der Waals surface area contributed by atoms with Crippen LogP contribution in [0.2, 0.25) is 0 Å². The lowest BCUT2D eigenvalue weighted by atomic mass is 10.3. The van der Waals surface area contributed by atoms with Crippen LogP contribution in [0.15, 0.2) is 48.8 Å². The summed E-state index contributed by atoms with van der Waals surface area (Å²) in [5.74, 6) is -0.871. The number of nitrogens with one attached hydrogen (secondary N) is 2. The summed E-state index contributed by atoms with van der Waals surface area (Å²) in [5, 5.41) is 6.42. The Bertz CT molecular complexity index is 1060. The third-order valence-electron chi connectivity index (χ3n) is 3.59. The van der Waals surface area contributed by atoms with E-state index in [9.17, 15) is 8.78 Å². The van der Waals surface area contributed by atoms with E-state index in [1.807, 2.05) is 24.3 Å². The van der Waals surface area contributed by atoms with Gasteiger partial charge in [0.2, 0.25) is 0 Å². The summed E-state index contributed by atoms with van der Waals surface area (Å²) in [7, 11) is 0. The van der Waals surface area contributed by atoms with Crippen LogP contribution >= 0.6 is 11.3 Å². The number of hydrogen-bond acceptors (Lipinski definition) is 7. The molecular weight excluding hydrogens is 358 g/mol. The molecule has 4 aromatic rings. The first kappa shape index (κ1) is 16.2. The molecule has 0 unspecified atom stereocenters. The molecular formula is C17H12F2N6S. The number of hydrogen-bond donors (Lipinski definition) is 3. The number of rotatable bonds is 4. The van der Waals surface area contributed by atoms with E-state index in [-0.39, 0.29) is 17.2 Å². The van der Waals surface area contributed by atoms with Crippen molar-refractivity contribution in [1.29, 1.82) is 0 Å². The van der Waals surface area contributed by atoms with Crippen molar-refractivity contribution in [1.82, 2.24) is 15.0 Å². The van der Waals surface area contributed by atoms with Gasteiger partial charge < -0.3 is 16.4 Å². The molecule has 0 atom stereocenters. The molecule has 26 heavy (non-hydrogen) atoms. The zero-order valence-corrected chi connectivity index (χ0v) is 14.0. The molecule has 0 fully saturated rings. The van der Waals surface area contributed by atoms with Crippen LogP contribution in [0, 0.1) is 11.6 Å². The molecule has 0 saturated heterocycles. The maximum absolute atomic E-state index is 13.8. The maximum atomic E-state index is 13.8. The number of halogens is 2. The minimum atomic E-state index is -0.747. The van der Waals surface area contributed by atoms with Crippen LogP contribution in [-0.4, -0.2) is 15.0 Å². The second-order valence-corrected chi connectivity index (χ2v) is 6.38. The van der Waals surface area contributed by atoms with Crippen LogP contribution in [0.5, 0.6) is 0 Å². The summed E-state index contributed by atoms with van der Waals surface area (Å²) in [6.45, 7) is 0. The molecule has 4 N–H and O–H groups in total. The Labute approximate surface area is 150 Å².